The number of phenols is 1. The number of aromatic nitrogens is 3. The van der Waals surface area contributed by atoms with Crippen molar-refractivity contribution in [3.8, 4) is 67.5 Å². The van der Waals surface area contributed by atoms with E-state index in [1.165, 1.54) is 11.1 Å². The number of nitrogens with zero attached hydrogens (tertiary/aromatic N) is 3. The highest BCUT2D eigenvalue weighted by molar-refractivity contribution is 5.96. The largest absolute Gasteiger partial charge is 0.507 e. The lowest BCUT2D eigenvalue weighted by Gasteiger charge is -2.27. The number of hydrogen-bond donors (Lipinski definition) is 1. The summed E-state index contributed by atoms with van der Waals surface area (Å²) in [6.45, 7) is 13.1. The van der Waals surface area contributed by atoms with Crippen molar-refractivity contribution < 1.29 is 5.11 Å². The zero-order chi connectivity index (χ0) is 37.6. The van der Waals surface area contributed by atoms with Gasteiger partial charge in [-0.2, -0.15) is 0 Å². The van der Waals surface area contributed by atoms with E-state index in [9.17, 15) is 5.11 Å². The number of hydrogen-bond acceptors (Lipinski definition) is 3. The Hall–Kier alpha value is -6.26. The SMILES string of the molecule is CC(C)(C)c1cc(-c2nc3c(-c4cccc(-c5cc(-c6ccc(-c7ccccc7)cc6)ccn5)c4)cccc3n2-c2ccccc2)c(O)c(C(C)(C)C)c1. The Labute approximate surface area is 318 Å². The van der Waals surface area contributed by atoms with Crippen LogP contribution in [-0.4, -0.2) is 19.6 Å². The average molecular weight is 704 g/mol. The molecule has 0 spiro atoms. The summed E-state index contributed by atoms with van der Waals surface area (Å²) >= 11 is 0. The van der Waals surface area contributed by atoms with Gasteiger partial charge in [0, 0.05) is 28.6 Å². The van der Waals surface area contributed by atoms with E-state index >= 15 is 0 Å². The maximum absolute atomic E-state index is 12.0. The van der Waals surface area contributed by atoms with E-state index in [0.29, 0.717) is 5.82 Å². The molecular weight excluding hydrogens is 659 g/mol. The first-order chi connectivity index (χ1) is 26.0. The minimum atomic E-state index is -0.272. The van der Waals surface area contributed by atoms with Gasteiger partial charge in [-0.15, -0.1) is 0 Å². The summed E-state index contributed by atoms with van der Waals surface area (Å²) in [6.07, 6.45) is 1.89. The number of phenolic OH excluding ortho intramolecular Hbond substituents is 1. The summed E-state index contributed by atoms with van der Waals surface area (Å²) in [5.41, 5.74) is 13.9. The molecular formula is C50H45N3O. The summed E-state index contributed by atoms with van der Waals surface area (Å²) < 4.78 is 2.19. The number of fused-ring (bicyclic) bond motifs is 1. The van der Waals surface area contributed by atoms with Crippen LogP contribution < -0.4 is 0 Å². The molecule has 8 rings (SSSR count). The number of para-hydroxylation sites is 2. The maximum atomic E-state index is 12.0. The van der Waals surface area contributed by atoms with Crippen LogP contribution in [0.1, 0.15) is 52.7 Å². The van der Waals surface area contributed by atoms with E-state index in [4.69, 9.17) is 9.97 Å². The van der Waals surface area contributed by atoms with E-state index in [1.807, 2.05) is 30.5 Å². The van der Waals surface area contributed by atoms with Gasteiger partial charge in [0.25, 0.3) is 0 Å². The zero-order valence-corrected chi connectivity index (χ0v) is 31.8. The van der Waals surface area contributed by atoms with Crippen LogP contribution in [0.3, 0.4) is 0 Å². The van der Waals surface area contributed by atoms with Gasteiger partial charge >= 0.3 is 0 Å². The topological polar surface area (TPSA) is 50.9 Å². The minimum absolute atomic E-state index is 0.130. The lowest BCUT2D eigenvalue weighted by Crippen LogP contribution is -2.17. The van der Waals surface area contributed by atoms with Gasteiger partial charge in [0.2, 0.25) is 0 Å². The molecule has 2 aromatic heterocycles. The first kappa shape index (κ1) is 34.8. The molecule has 0 atom stereocenters. The van der Waals surface area contributed by atoms with Crippen LogP contribution in [0.25, 0.3) is 72.7 Å². The Morgan fingerprint density at radius 1 is 0.500 bits per heavy atom. The molecule has 0 radical (unpaired) electrons. The highest BCUT2D eigenvalue weighted by atomic mass is 16.3. The predicted molar refractivity (Wildman–Crippen MR) is 225 cm³/mol. The van der Waals surface area contributed by atoms with Gasteiger partial charge in [0.15, 0.2) is 0 Å². The molecule has 6 aromatic carbocycles. The molecule has 0 bridgehead atoms. The Bertz CT molecular complexity index is 2610. The van der Waals surface area contributed by atoms with E-state index < -0.39 is 0 Å². The molecule has 0 aliphatic carbocycles. The molecule has 4 heteroatoms. The van der Waals surface area contributed by atoms with E-state index in [0.717, 1.165) is 66.9 Å². The van der Waals surface area contributed by atoms with Gasteiger partial charge in [-0.25, -0.2) is 4.98 Å². The first-order valence-corrected chi connectivity index (χ1v) is 18.6. The molecule has 266 valence electrons. The average Bonchev–Trinajstić information content (AvgIpc) is 3.57. The quantitative estimate of drug-likeness (QED) is 0.188. The fraction of sp³-hybridized carbons (Fsp3) is 0.160. The molecule has 0 aliphatic heterocycles. The van der Waals surface area contributed by atoms with Crippen LogP contribution in [0.4, 0.5) is 0 Å². The standard InChI is InChI=1S/C50H45N3O/c1-49(2,3)39-31-42(47(54)43(32-39)50(4,5)6)48-52-46-41(21-14-22-45(46)53(48)40-19-11-8-12-20-40)37-17-13-18-38(29-37)44-30-36(27-28-51-44)35-25-23-34(24-26-35)33-15-9-7-10-16-33/h7-32,54H,1-6H3. The third-order valence-corrected chi connectivity index (χ3v) is 10.3. The molecule has 4 nitrogen and oxygen atoms in total. The summed E-state index contributed by atoms with van der Waals surface area (Å²) in [4.78, 5) is 10.2. The Kier molecular flexibility index (Phi) is 8.78. The number of aromatic hydroxyl groups is 1. The highest BCUT2D eigenvalue weighted by Gasteiger charge is 2.28. The lowest BCUT2D eigenvalue weighted by atomic mass is 9.79. The third-order valence-electron chi connectivity index (χ3n) is 10.3. The van der Waals surface area contributed by atoms with Crippen LogP contribution in [0.5, 0.6) is 5.75 Å². The van der Waals surface area contributed by atoms with Gasteiger partial charge < -0.3 is 5.11 Å². The Balaban J connectivity index is 1.25. The van der Waals surface area contributed by atoms with Gasteiger partial charge in [-0.05, 0) is 86.7 Å². The van der Waals surface area contributed by atoms with Crippen molar-refractivity contribution >= 4 is 11.0 Å². The second kappa shape index (κ2) is 13.6. The monoisotopic (exact) mass is 703 g/mol. The van der Waals surface area contributed by atoms with Crippen molar-refractivity contribution in [2.45, 2.75) is 52.4 Å². The normalized spacial score (nSPS) is 12.0. The van der Waals surface area contributed by atoms with Crippen LogP contribution in [0.2, 0.25) is 0 Å². The van der Waals surface area contributed by atoms with Gasteiger partial charge in [0.1, 0.15) is 11.6 Å². The summed E-state index contributed by atoms with van der Waals surface area (Å²) in [5, 5.41) is 12.0. The van der Waals surface area contributed by atoms with Crippen molar-refractivity contribution in [2.24, 2.45) is 0 Å². The number of imidazole rings is 1. The van der Waals surface area contributed by atoms with Crippen molar-refractivity contribution in [3.63, 3.8) is 0 Å². The molecule has 0 aliphatic rings. The third kappa shape index (κ3) is 6.60. The lowest BCUT2D eigenvalue weighted by molar-refractivity contribution is 0.446. The van der Waals surface area contributed by atoms with Crippen molar-refractivity contribution in [3.05, 3.63) is 169 Å². The molecule has 0 amide bonds. The van der Waals surface area contributed by atoms with Gasteiger partial charge in [0.05, 0.1) is 22.3 Å². The molecule has 0 saturated carbocycles. The zero-order valence-electron chi connectivity index (χ0n) is 31.8. The Morgan fingerprint density at radius 3 is 1.80 bits per heavy atom. The smallest absolute Gasteiger partial charge is 0.149 e. The summed E-state index contributed by atoms with van der Waals surface area (Å²) in [7, 11) is 0. The maximum Gasteiger partial charge on any atom is 0.149 e. The van der Waals surface area contributed by atoms with Gasteiger partial charge in [-0.1, -0.05) is 151 Å². The van der Waals surface area contributed by atoms with Crippen molar-refractivity contribution in [1.29, 1.82) is 0 Å². The molecule has 0 unspecified atom stereocenters. The van der Waals surface area contributed by atoms with E-state index in [2.05, 4.69) is 174 Å². The molecule has 0 saturated heterocycles. The van der Waals surface area contributed by atoms with E-state index in [1.54, 1.807) is 0 Å². The summed E-state index contributed by atoms with van der Waals surface area (Å²) in [6, 6.07) is 52.9. The second-order valence-corrected chi connectivity index (χ2v) is 16.2. The predicted octanol–water partition coefficient (Wildman–Crippen LogP) is 13.1. The minimum Gasteiger partial charge on any atom is -0.507 e. The van der Waals surface area contributed by atoms with Crippen molar-refractivity contribution in [2.75, 3.05) is 0 Å². The van der Waals surface area contributed by atoms with Crippen LogP contribution in [-0.2, 0) is 10.8 Å². The number of rotatable bonds is 6. The molecule has 0 fully saturated rings. The van der Waals surface area contributed by atoms with Crippen LogP contribution >= 0.6 is 0 Å². The van der Waals surface area contributed by atoms with E-state index in [-0.39, 0.29) is 16.6 Å². The molecule has 54 heavy (non-hydrogen) atoms. The fourth-order valence-corrected chi connectivity index (χ4v) is 7.26. The highest BCUT2D eigenvalue weighted by Crippen LogP contribution is 2.44. The van der Waals surface area contributed by atoms with Crippen molar-refractivity contribution in [1.82, 2.24) is 14.5 Å². The number of pyridine rings is 1. The molecule has 2 heterocycles. The fourth-order valence-electron chi connectivity index (χ4n) is 7.26. The molecule has 8 aromatic rings. The Morgan fingerprint density at radius 2 is 1.11 bits per heavy atom. The van der Waals surface area contributed by atoms with Crippen LogP contribution in [0.15, 0.2) is 158 Å². The van der Waals surface area contributed by atoms with Crippen LogP contribution in [0, 0.1) is 0 Å². The summed E-state index contributed by atoms with van der Waals surface area (Å²) in [5.74, 6) is 0.980. The number of benzene rings is 6. The molecule has 1 N–H and O–H groups in total. The first-order valence-electron chi connectivity index (χ1n) is 18.6. The van der Waals surface area contributed by atoms with Gasteiger partial charge in [-0.3, -0.25) is 9.55 Å². The second-order valence-electron chi connectivity index (χ2n) is 16.2.